The first-order valence-electron chi connectivity index (χ1n) is 12.7. The minimum atomic E-state index is -1.56. The summed E-state index contributed by atoms with van der Waals surface area (Å²) in [6.07, 6.45) is -1.56. The monoisotopic (exact) mass is 561 g/mol. The van der Waals surface area contributed by atoms with Crippen LogP contribution in [0.3, 0.4) is 0 Å². The number of anilines is 1. The van der Waals surface area contributed by atoms with Crippen molar-refractivity contribution < 1.29 is 32.6 Å². The van der Waals surface area contributed by atoms with E-state index in [4.69, 9.17) is 4.74 Å². The number of nitrogens with zero attached hydrogens (tertiary/aromatic N) is 3. The normalized spacial score (nSPS) is 17.9. The van der Waals surface area contributed by atoms with Gasteiger partial charge >= 0.3 is 0 Å². The lowest BCUT2D eigenvalue weighted by molar-refractivity contribution is -0.117. The van der Waals surface area contributed by atoms with Crippen LogP contribution in [0.2, 0.25) is 0 Å². The zero-order valence-electron chi connectivity index (χ0n) is 21.3. The Morgan fingerprint density at radius 1 is 1.02 bits per heavy atom. The van der Waals surface area contributed by atoms with Crippen molar-refractivity contribution >= 4 is 23.2 Å². The highest BCUT2D eigenvalue weighted by molar-refractivity contribution is 6.20. The molecule has 0 unspecified atom stereocenters. The SMILES string of the molecule is O=C(N[C@H]1N=C(c2ccccc2)c2cccc(F)c2NC1=O)c1c(-c2c(F)cccc2F)nn2c1OC[C@@H](CO)C2. The first-order valence-corrected chi connectivity index (χ1v) is 12.7. The van der Waals surface area contributed by atoms with Crippen LogP contribution >= 0.6 is 0 Å². The topological polar surface area (TPSA) is 118 Å². The van der Waals surface area contributed by atoms with E-state index in [9.17, 15) is 27.9 Å². The van der Waals surface area contributed by atoms with Crippen LogP contribution in [0.15, 0.2) is 71.7 Å². The summed E-state index contributed by atoms with van der Waals surface area (Å²) in [7, 11) is 0. The van der Waals surface area contributed by atoms with Gasteiger partial charge in [0.2, 0.25) is 12.0 Å². The number of aliphatic hydroxyl groups is 1. The van der Waals surface area contributed by atoms with Crippen LogP contribution in [0.4, 0.5) is 18.9 Å². The molecule has 41 heavy (non-hydrogen) atoms. The molecule has 2 amide bonds. The van der Waals surface area contributed by atoms with Gasteiger partial charge in [0.25, 0.3) is 11.8 Å². The second-order valence-electron chi connectivity index (χ2n) is 9.54. The number of hydrogen-bond acceptors (Lipinski definition) is 6. The van der Waals surface area contributed by atoms with Crippen molar-refractivity contribution in [3.05, 3.63) is 101 Å². The van der Waals surface area contributed by atoms with Crippen LogP contribution in [0.25, 0.3) is 11.3 Å². The number of nitrogens with one attached hydrogen (secondary N) is 2. The number of halogens is 3. The molecule has 3 N–H and O–H groups in total. The lowest BCUT2D eigenvalue weighted by atomic mass is 10.0. The minimum absolute atomic E-state index is 0.0243. The molecule has 12 heteroatoms. The van der Waals surface area contributed by atoms with Crippen molar-refractivity contribution in [1.29, 1.82) is 0 Å². The molecule has 3 heterocycles. The van der Waals surface area contributed by atoms with E-state index in [2.05, 4.69) is 20.7 Å². The zero-order valence-corrected chi connectivity index (χ0v) is 21.3. The number of hydrogen-bond donors (Lipinski definition) is 3. The van der Waals surface area contributed by atoms with Crippen LogP contribution in [0, 0.1) is 23.4 Å². The number of rotatable bonds is 5. The maximum atomic E-state index is 14.9. The fourth-order valence-corrected chi connectivity index (χ4v) is 4.84. The third-order valence-corrected chi connectivity index (χ3v) is 6.82. The van der Waals surface area contributed by atoms with Gasteiger partial charge < -0.3 is 20.5 Å². The number of aliphatic imine (C=N–C) groups is 1. The number of aromatic nitrogens is 2. The van der Waals surface area contributed by atoms with Crippen molar-refractivity contribution in [1.82, 2.24) is 15.1 Å². The number of carbonyl (C=O) groups excluding carboxylic acids is 2. The molecule has 9 nitrogen and oxygen atoms in total. The first kappa shape index (κ1) is 26.3. The summed E-state index contributed by atoms with van der Waals surface area (Å²) in [5.74, 6) is -4.85. The highest BCUT2D eigenvalue weighted by atomic mass is 19.1. The van der Waals surface area contributed by atoms with E-state index in [-0.39, 0.29) is 54.2 Å². The Morgan fingerprint density at radius 2 is 1.73 bits per heavy atom. The van der Waals surface area contributed by atoms with E-state index in [1.165, 1.54) is 22.9 Å². The molecule has 0 saturated heterocycles. The van der Waals surface area contributed by atoms with E-state index >= 15 is 0 Å². The largest absolute Gasteiger partial charge is 0.477 e. The molecule has 6 rings (SSSR count). The van der Waals surface area contributed by atoms with Crippen LogP contribution in [-0.4, -0.2) is 51.8 Å². The number of benzodiazepines with no additional fused rings is 1. The molecule has 3 aromatic carbocycles. The van der Waals surface area contributed by atoms with Crippen LogP contribution in [-0.2, 0) is 11.3 Å². The Kier molecular flexibility index (Phi) is 6.75. The third kappa shape index (κ3) is 4.72. The summed E-state index contributed by atoms with van der Waals surface area (Å²) >= 11 is 0. The first-order chi connectivity index (χ1) is 19.9. The van der Waals surface area contributed by atoms with Crippen LogP contribution < -0.4 is 15.4 Å². The fourth-order valence-electron chi connectivity index (χ4n) is 4.84. The number of benzene rings is 3. The Bertz CT molecular complexity index is 1690. The standard InChI is InChI=1S/C29H22F3N5O4/c30-18-9-5-10-19(31)21(18)25-22(29-37(36-25)12-15(13-38)14-41-29)27(39)35-26-28(40)34-24-17(8-4-11-20(24)32)23(33-26)16-6-2-1-3-7-16/h1-11,15,26,38H,12-14H2,(H,34,40)(H,35,39)/t15-,26-/m1/s1. The molecule has 0 saturated carbocycles. The smallest absolute Gasteiger partial charge is 0.269 e. The van der Waals surface area contributed by atoms with Gasteiger partial charge in [-0.2, -0.15) is 5.10 Å². The number of fused-ring (bicyclic) bond motifs is 2. The van der Waals surface area contributed by atoms with Crippen LogP contribution in [0.5, 0.6) is 5.88 Å². The lowest BCUT2D eigenvalue weighted by Crippen LogP contribution is -2.42. The van der Waals surface area contributed by atoms with Gasteiger partial charge in [-0.3, -0.25) is 9.59 Å². The maximum absolute atomic E-state index is 14.9. The van der Waals surface area contributed by atoms with Gasteiger partial charge in [0.1, 0.15) is 28.7 Å². The molecule has 2 aliphatic heterocycles. The molecular weight excluding hydrogens is 539 g/mol. The van der Waals surface area contributed by atoms with Gasteiger partial charge in [0.15, 0.2) is 0 Å². The summed E-state index contributed by atoms with van der Waals surface area (Å²) < 4.78 is 51.5. The minimum Gasteiger partial charge on any atom is -0.477 e. The van der Waals surface area contributed by atoms with E-state index in [1.54, 1.807) is 36.4 Å². The second kappa shape index (κ2) is 10.5. The van der Waals surface area contributed by atoms with Gasteiger partial charge in [-0.25, -0.2) is 22.8 Å². The van der Waals surface area contributed by atoms with Crippen molar-refractivity contribution in [2.75, 3.05) is 18.5 Å². The van der Waals surface area contributed by atoms with Gasteiger partial charge in [0, 0.05) is 17.0 Å². The zero-order chi connectivity index (χ0) is 28.7. The molecule has 0 radical (unpaired) electrons. The number of carbonyl (C=O) groups is 2. The second-order valence-corrected chi connectivity index (χ2v) is 9.54. The van der Waals surface area contributed by atoms with Crippen LogP contribution in [0.1, 0.15) is 21.5 Å². The van der Waals surface area contributed by atoms with Gasteiger partial charge in [-0.15, -0.1) is 0 Å². The third-order valence-electron chi connectivity index (χ3n) is 6.82. The molecule has 0 bridgehead atoms. The highest BCUT2D eigenvalue weighted by Gasteiger charge is 2.36. The number of amides is 2. The molecule has 4 aromatic rings. The quantitative estimate of drug-likeness (QED) is 0.345. The predicted molar refractivity (Wildman–Crippen MR) is 142 cm³/mol. The Hall–Kier alpha value is -4.97. The Morgan fingerprint density at radius 3 is 2.46 bits per heavy atom. The molecule has 2 atom stereocenters. The average Bonchev–Trinajstić information content (AvgIpc) is 3.27. The maximum Gasteiger partial charge on any atom is 0.269 e. The average molecular weight is 562 g/mol. The summed E-state index contributed by atoms with van der Waals surface area (Å²) in [6, 6.07) is 16.2. The van der Waals surface area contributed by atoms with Crippen molar-refractivity contribution in [3.63, 3.8) is 0 Å². The fraction of sp³-hybridized carbons (Fsp3) is 0.172. The summed E-state index contributed by atoms with van der Waals surface area (Å²) in [5, 5.41) is 18.8. The molecule has 2 aliphatic rings. The number of aliphatic hydroxyl groups excluding tert-OH is 1. The Labute approximate surface area is 231 Å². The van der Waals surface area contributed by atoms with E-state index in [1.807, 2.05) is 0 Å². The Balaban J connectivity index is 1.45. The van der Waals surface area contributed by atoms with Gasteiger partial charge in [-0.1, -0.05) is 48.5 Å². The summed E-state index contributed by atoms with van der Waals surface area (Å²) in [5.41, 5.74) is -0.223. The highest BCUT2D eigenvalue weighted by Crippen LogP contribution is 2.36. The van der Waals surface area contributed by atoms with E-state index in [0.29, 0.717) is 11.1 Å². The molecule has 0 fully saturated rings. The summed E-state index contributed by atoms with van der Waals surface area (Å²) in [4.78, 5) is 31.5. The molecule has 1 aromatic heterocycles. The number of ether oxygens (including phenoxy) is 1. The van der Waals surface area contributed by atoms with Gasteiger partial charge in [-0.05, 0) is 18.2 Å². The molecule has 208 valence electrons. The molecule has 0 aliphatic carbocycles. The molecule has 0 spiro atoms. The van der Waals surface area contributed by atoms with Gasteiger partial charge in [0.05, 0.1) is 36.7 Å². The van der Waals surface area contributed by atoms with Crippen molar-refractivity contribution in [2.45, 2.75) is 12.7 Å². The van der Waals surface area contributed by atoms with E-state index in [0.717, 1.165) is 12.1 Å². The van der Waals surface area contributed by atoms with E-state index < -0.39 is 41.0 Å². The van der Waals surface area contributed by atoms with Crippen molar-refractivity contribution in [2.24, 2.45) is 10.9 Å². The lowest BCUT2D eigenvalue weighted by Gasteiger charge is -2.23. The number of para-hydroxylation sites is 1. The van der Waals surface area contributed by atoms with Crippen molar-refractivity contribution in [3.8, 4) is 17.1 Å². The predicted octanol–water partition coefficient (Wildman–Crippen LogP) is 3.51. The molecular formula is C29H22F3N5O4. The summed E-state index contributed by atoms with van der Waals surface area (Å²) in [6.45, 7) is -0.0893.